The monoisotopic (exact) mass is 237 g/mol. The van der Waals surface area contributed by atoms with Crippen LogP contribution in [-0.2, 0) is 11.3 Å². The zero-order chi connectivity index (χ0) is 12.5. The zero-order valence-corrected chi connectivity index (χ0v) is 11.0. The van der Waals surface area contributed by atoms with E-state index >= 15 is 0 Å². The highest BCUT2D eigenvalue weighted by atomic mass is 16.5. The van der Waals surface area contributed by atoms with Gasteiger partial charge >= 0.3 is 0 Å². The van der Waals surface area contributed by atoms with E-state index in [2.05, 4.69) is 24.4 Å². The molecule has 1 unspecified atom stereocenters. The average molecular weight is 237 g/mol. The minimum absolute atomic E-state index is 0.376. The van der Waals surface area contributed by atoms with Crippen molar-refractivity contribution in [2.45, 2.75) is 33.4 Å². The predicted octanol–water partition coefficient (Wildman–Crippen LogP) is 2.60. The van der Waals surface area contributed by atoms with Crippen molar-refractivity contribution in [3.8, 4) is 5.75 Å². The van der Waals surface area contributed by atoms with Crippen LogP contribution >= 0.6 is 0 Å². The van der Waals surface area contributed by atoms with Gasteiger partial charge in [-0.3, -0.25) is 0 Å². The molecular weight excluding hydrogens is 214 g/mol. The molecule has 0 radical (unpaired) electrons. The van der Waals surface area contributed by atoms with Crippen LogP contribution in [0.15, 0.2) is 24.3 Å². The van der Waals surface area contributed by atoms with Gasteiger partial charge in [0.15, 0.2) is 0 Å². The van der Waals surface area contributed by atoms with E-state index in [1.165, 1.54) is 5.56 Å². The Morgan fingerprint density at radius 2 is 1.82 bits per heavy atom. The van der Waals surface area contributed by atoms with Gasteiger partial charge in [-0.25, -0.2) is 0 Å². The first kappa shape index (κ1) is 14.0. The van der Waals surface area contributed by atoms with Gasteiger partial charge in [0, 0.05) is 19.2 Å². The Hall–Kier alpha value is -1.06. The number of hydrogen-bond acceptors (Lipinski definition) is 3. The fourth-order valence-electron chi connectivity index (χ4n) is 1.52. The number of hydrogen-bond donors (Lipinski definition) is 1. The summed E-state index contributed by atoms with van der Waals surface area (Å²) in [5, 5.41) is 3.42. The molecule has 96 valence electrons. The Morgan fingerprint density at radius 1 is 1.12 bits per heavy atom. The van der Waals surface area contributed by atoms with Crippen LogP contribution in [0, 0.1) is 0 Å². The number of nitrogens with one attached hydrogen (secondary N) is 1. The van der Waals surface area contributed by atoms with Crippen LogP contribution in [0.1, 0.15) is 26.3 Å². The fourth-order valence-corrected chi connectivity index (χ4v) is 1.52. The summed E-state index contributed by atoms with van der Waals surface area (Å²) in [4.78, 5) is 0. The molecule has 1 aromatic carbocycles. The van der Waals surface area contributed by atoms with Crippen LogP contribution in [0.25, 0.3) is 0 Å². The molecule has 0 bridgehead atoms. The molecule has 1 atom stereocenters. The topological polar surface area (TPSA) is 30.5 Å². The maximum atomic E-state index is 5.40. The van der Waals surface area contributed by atoms with Gasteiger partial charge in [0.05, 0.1) is 13.2 Å². The summed E-state index contributed by atoms with van der Waals surface area (Å²) < 4.78 is 10.8. The zero-order valence-electron chi connectivity index (χ0n) is 11.0. The highest BCUT2D eigenvalue weighted by molar-refractivity contribution is 5.27. The van der Waals surface area contributed by atoms with Crippen molar-refractivity contribution in [2.24, 2.45) is 0 Å². The lowest BCUT2D eigenvalue weighted by molar-refractivity contribution is 0.127. The second-order valence-electron chi connectivity index (χ2n) is 4.02. The highest BCUT2D eigenvalue weighted by Gasteiger charge is 2.01. The minimum atomic E-state index is 0.376. The Bertz CT molecular complexity index is 298. The Balaban J connectivity index is 2.31. The van der Waals surface area contributed by atoms with E-state index in [4.69, 9.17) is 9.47 Å². The van der Waals surface area contributed by atoms with Gasteiger partial charge in [0.1, 0.15) is 5.75 Å². The summed E-state index contributed by atoms with van der Waals surface area (Å²) >= 11 is 0. The van der Waals surface area contributed by atoms with E-state index < -0.39 is 0 Å². The van der Waals surface area contributed by atoms with E-state index in [9.17, 15) is 0 Å². The second-order valence-corrected chi connectivity index (χ2v) is 4.02. The molecule has 3 heteroatoms. The Morgan fingerprint density at radius 3 is 2.41 bits per heavy atom. The lowest BCUT2D eigenvalue weighted by Gasteiger charge is -2.13. The van der Waals surface area contributed by atoms with Gasteiger partial charge in [-0.15, -0.1) is 0 Å². The number of benzene rings is 1. The fraction of sp³-hybridized carbons (Fsp3) is 0.571. The molecule has 0 saturated heterocycles. The normalized spacial score (nSPS) is 12.4. The average Bonchev–Trinajstić information content (AvgIpc) is 2.36. The van der Waals surface area contributed by atoms with Crippen LogP contribution in [-0.4, -0.2) is 25.9 Å². The lowest BCUT2D eigenvalue weighted by Crippen LogP contribution is -2.30. The summed E-state index contributed by atoms with van der Waals surface area (Å²) in [5.74, 6) is 0.929. The van der Waals surface area contributed by atoms with E-state index in [0.29, 0.717) is 12.6 Å². The van der Waals surface area contributed by atoms with E-state index in [0.717, 1.165) is 25.5 Å². The number of ether oxygens (including phenoxy) is 2. The standard InChI is InChI=1S/C14H23NO2/c1-4-16-11-12(3)15-10-13-6-8-14(9-7-13)17-5-2/h6-9,12,15H,4-5,10-11H2,1-3H3. The third-order valence-electron chi connectivity index (χ3n) is 2.46. The van der Waals surface area contributed by atoms with Gasteiger partial charge < -0.3 is 14.8 Å². The number of rotatable bonds is 8. The Labute approximate surface area is 104 Å². The third kappa shape index (κ3) is 5.71. The minimum Gasteiger partial charge on any atom is -0.494 e. The predicted molar refractivity (Wildman–Crippen MR) is 70.4 cm³/mol. The molecule has 0 fully saturated rings. The molecule has 0 aliphatic rings. The van der Waals surface area contributed by atoms with Gasteiger partial charge in [-0.05, 0) is 38.5 Å². The van der Waals surface area contributed by atoms with E-state index in [1.807, 2.05) is 26.0 Å². The third-order valence-corrected chi connectivity index (χ3v) is 2.46. The molecule has 0 aliphatic heterocycles. The Kier molecular flexibility index (Phi) is 6.67. The quantitative estimate of drug-likeness (QED) is 0.754. The maximum absolute atomic E-state index is 5.40. The highest BCUT2D eigenvalue weighted by Crippen LogP contribution is 2.11. The van der Waals surface area contributed by atoms with Crippen molar-refractivity contribution in [1.82, 2.24) is 5.32 Å². The second kappa shape index (κ2) is 8.09. The first-order valence-corrected chi connectivity index (χ1v) is 6.29. The molecule has 0 aromatic heterocycles. The molecule has 0 saturated carbocycles. The first-order valence-electron chi connectivity index (χ1n) is 6.29. The lowest BCUT2D eigenvalue weighted by atomic mass is 10.2. The summed E-state index contributed by atoms with van der Waals surface area (Å²) in [6.07, 6.45) is 0. The van der Waals surface area contributed by atoms with Crippen LogP contribution in [0.2, 0.25) is 0 Å². The van der Waals surface area contributed by atoms with Crippen LogP contribution in [0.5, 0.6) is 5.75 Å². The maximum Gasteiger partial charge on any atom is 0.119 e. The van der Waals surface area contributed by atoms with Gasteiger partial charge in [-0.2, -0.15) is 0 Å². The molecule has 1 N–H and O–H groups in total. The van der Waals surface area contributed by atoms with Crippen LogP contribution in [0.4, 0.5) is 0 Å². The molecular formula is C14H23NO2. The van der Waals surface area contributed by atoms with Crippen LogP contribution < -0.4 is 10.1 Å². The summed E-state index contributed by atoms with van der Waals surface area (Å²) in [6.45, 7) is 9.24. The molecule has 0 spiro atoms. The van der Waals surface area contributed by atoms with Crippen molar-refractivity contribution in [2.75, 3.05) is 19.8 Å². The van der Waals surface area contributed by atoms with Gasteiger partial charge in [0.25, 0.3) is 0 Å². The van der Waals surface area contributed by atoms with Gasteiger partial charge in [-0.1, -0.05) is 12.1 Å². The SMILES string of the molecule is CCOCC(C)NCc1ccc(OCC)cc1. The molecule has 1 aromatic rings. The largest absolute Gasteiger partial charge is 0.494 e. The molecule has 0 amide bonds. The van der Waals surface area contributed by atoms with Crippen molar-refractivity contribution in [3.05, 3.63) is 29.8 Å². The molecule has 3 nitrogen and oxygen atoms in total. The molecule has 17 heavy (non-hydrogen) atoms. The van der Waals surface area contributed by atoms with Gasteiger partial charge in [0.2, 0.25) is 0 Å². The smallest absolute Gasteiger partial charge is 0.119 e. The molecule has 0 heterocycles. The van der Waals surface area contributed by atoms with E-state index in [1.54, 1.807) is 0 Å². The molecule has 0 aliphatic carbocycles. The van der Waals surface area contributed by atoms with Crippen molar-refractivity contribution in [1.29, 1.82) is 0 Å². The summed E-state index contributed by atoms with van der Waals surface area (Å²) in [6, 6.07) is 8.57. The van der Waals surface area contributed by atoms with Crippen molar-refractivity contribution in [3.63, 3.8) is 0 Å². The first-order chi connectivity index (χ1) is 8.26. The summed E-state index contributed by atoms with van der Waals surface area (Å²) in [7, 11) is 0. The van der Waals surface area contributed by atoms with E-state index in [-0.39, 0.29) is 0 Å². The summed E-state index contributed by atoms with van der Waals surface area (Å²) in [5.41, 5.74) is 1.26. The molecule has 1 rings (SSSR count). The van der Waals surface area contributed by atoms with Crippen molar-refractivity contribution >= 4 is 0 Å². The van der Waals surface area contributed by atoms with Crippen molar-refractivity contribution < 1.29 is 9.47 Å². The van der Waals surface area contributed by atoms with Crippen LogP contribution in [0.3, 0.4) is 0 Å².